The van der Waals surface area contributed by atoms with E-state index in [-0.39, 0.29) is 18.3 Å². The quantitative estimate of drug-likeness (QED) is 0.250. The van der Waals surface area contributed by atoms with Crippen LogP contribution in [0.3, 0.4) is 0 Å². The minimum Gasteiger partial charge on any atom is -0.497 e. The molecule has 0 saturated heterocycles. The lowest BCUT2D eigenvalue weighted by Gasteiger charge is -2.36. The van der Waals surface area contributed by atoms with E-state index in [1.165, 1.54) is 0 Å². The minimum atomic E-state index is -0.547. The van der Waals surface area contributed by atoms with Crippen molar-refractivity contribution >= 4 is 11.8 Å². The Hall–Kier alpha value is -4.36. The van der Waals surface area contributed by atoms with E-state index < -0.39 is 11.9 Å². The summed E-state index contributed by atoms with van der Waals surface area (Å²) in [5, 5.41) is 3.40. The van der Waals surface area contributed by atoms with Crippen LogP contribution in [0.25, 0.3) is 0 Å². The summed E-state index contributed by atoms with van der Waals surface area (Å²) < 4.78 is 21.9. The summed E-state index contributed by atoms with van der Waals surface area (Å²) in [7, 11) is 3.19. The second-order valence-electron chi connectivity index (χ2n) is 10.3. The number of benzene rings is 3. The number of carbonyl (C=O) groups excluding carboxylic acids is 2. The molecule has 0 bridgehead atoms. The summed E-state index contributed by atoms with van der Waals surface area (Å²) in [6.45, 7) is 2.73. The Morgan fingerprint density at radius 1 is 0.854 bits per heavy atom. The molecular formula is C34H35NO6. The van der Waals surface area contributed by atoms with E-state index in [1.54, 1.807) is 14.2 Å². The first-order valence-electron chi connectivity index (χ1n) is 13.8. The van der Waals surface area contributed by atoms with Gasteiger partial charge in [0.1, 0.15) is 24.7 Å². The lowest BCUT2D eigenvalue weighted by molar-refractivity contribution is -0.140. The molecular weight excluding hydrogens is 518 g/mol. The van der Waals surface area contributed by atoms with Crippen molar-refractivity contribution in [2.24, 2.45) is 0 Å². The Morgan fingerprint density at radius 2 is 1.54 bits per heavy atom. The maximum Gasteiger partial charge on any atom is 0.336 e. The third-order valence-electron chi connectivity index (χ3n) is 7.62. The van der Waals surface area contributed by atoms with Gasteiger partial charge < -0.3 is 24.3 Å². The molecule has 0 saturated carbocycles. The number of hydrogen-bond acceptors (Lipinski definition) is 7. The largest absolute Gasteiger partial charge is 0.497 e. The van der Waals surface area contributed by atoms with Gasteiger partial charge in [-0.15, -0.1) is 0 Å². The van der Waals surface area contributed by atoms with Crippen LogP contribution >= 0.6 is 0 Å². The van der Waals surface area contributed by atoms with E-state index in [2.05, 4.69) is 5.32 Å². The molecule has 0 amide bonds. The zero-order valence-electron chi connectivity index (χ0n) is 23.6. The van der Waals surface area contributed by atoms with Crippen molar-refractivity contribution in [3.63, 3.8) is 0 Å². The first-order chi connectivity index (χ1) is 20.0. The summed E-state index contributed by atoms with van der Waals surface area (Å²) in [4.78, 5) is 27.2. The third-order valence-corrected chi connectivity index (χ3v) is 7.62. The molecule has 2 atom stereocenters. The lowest BCUT2D eigenvalue weighted by atomic mass is 9.71. The van der Waals surface area contributed by atoms with E-state index in [4.69, 9.17) is 18.9 Å². The van der Waals surface area contributed by atoms with Gasteiger partial charge in [-0.1, -0.05) is 54.6 Å². The van der Waals surface area contributed by atoms with E-state index in [9.17, 15) is 9.59 Å². The Balaban J connectivity index is 1.45. The molecule has 0 radical (unpaired) electrons. The van der Waals surface area contributed by atoms with Gasteiger partial charge in [0.2, 0.25) is 0 Å². The van der Waals surface area contributed by atoms with Crippen molar-refractivity contribution in [3.8, 4) is 11.5 Å². The van der Waals surface area contributed by atoms with Crippen LogP contribution in [-0.2, 0) is 25.7 Å². The summed E-state index contributed by atoms with van der Waals surface area (Å²) in [5.74, 6) is 0.519. The Bertz CT molecular complexity index is 1440. The third kappa shape index (κ3) is 6.36. The topological polar surface area (TPSA) is 83.1 Å². The Labute approximate surface area is 240 Å². The average Bonchev–Trinajstić information content (AvgIpc) is 3.00. The SMILES string of the molecule is COCCOC(=O)C1=C(C)NC2=C(C(=O)C[C@@H](c3ccc(OC)cc3)C2)[C@@H]1c1ccc(OCc2ccccc2)cc1. The van der Waals surface area contributed by atoms with Gasteiger partial charge in [0, 0.05) is 36.4 Å². The number of Topliss-reactive ketones (excluding diaryl/α,β-unsaturated/α-hetero) is 1. The molecule has 1 aliphatic carbocycles. The summed E-state index contributed by atoms with van der Waals surface area (Å²) >= 11 is 0. The Morgan fingerprint density at radius 3 is 2.22 bits per heavy atom. The molecule has 3 aromatic rings. The number of esters is 1. The van der Waals surface area contributed by atoms with Crippen LogP contribution in [0, 0.1) is 0 Å². The van der Waals surface area contributed by atoms with Gasteiger partial charge in [0.15, 0.2) is 5.78 Å². The standard InChI is InChI=1S/C34H35NO6/c1-22-31(34(37)40-18-17-38-2)32(25-11-15-28(16-12-25)41-21-23-7-5-4-6-8-23)33-29(35-22)19-26(20-30(33)36)24-9-13-27(39-3)14-10-24/h4-16,26,32,35H,17-21H2,1-3H3/t26-,32+/m0/s1. The molecule has 0 aromatic heterocycles. The van der Waals surface area contributed by atoms with Crippen LogP contribution < -0.4 is 14.8 Å². The van der Waals surface area contributed by atoms with E-state index in [0.29, 0.717) is 48.6 Å². The molecule has 0 fully saturated rings. The second kappa shape index (κ2) is 12.9. The highest BCUT2D eigenvalue weighted by atomic mass is 16.6. The van der Waals surface area contributed by atoms with Crippen molar-refractivity contribution in [2.75, 3.05) is 27.4 Å². The monoisotopic (exact) mass is 553 g/mol. The number of methoxy groups -OCH3 is 2. The molecule has 7 heteroatoms. The molecule has 0 spiro atoms. The summed E-state index contributed by atoms with van der Waals surface area (Å²) in [6, 6.07) is 25.5. The van der Waals surface area contributed by atoms with Gasteiger partial charge in [-0.25, -0.2) is 4.79 Å². The van der Waals surface area contributed by atoms with Crippen molar-refractivity contribution in [1.29, 1.82) is 0 Å². The normalized spacial score (nSPS) is 18.5. The fourth-order valence-corrected chi connectivity index (χ4v) is 5.55. The van der Waals surface area contributed by atoms with Crippen LogP contribution in [0.2, 0.25) is 0 Å². The van der Waals surface area contributed by atoms with Gasteiger partial charge in [0.25, 0.3) is 0 Å². The Kier molecular flexibility index (Phi) is 8.85. The number of allylic oxidation sites excluding steroid dienone is 3. The number of nitrogens with one attached hydrogen (secondary N) is 1. The predicted octanol–water partition coefficient (Wildman–Crippen LogP) is 5.83. The number of dihydropyridines is 1. The van der Waals surface area contributed by atoms with Crippen LogP contribution in [-0.4, -0.2) is 39.2 Å². The smallest absolute Gasteiger partial charge is 0.336 e. The number of rotatable bonds is 10. The van der Waals surface area contributed by atoms with Crippen LogP contribution in [0.5, 0.6) is 11.5 Å². The first kappa shape index (κ1) is 28.2. The predicted molar refractivity (Wildman–Crippen MR) is 156 cm³/mol. The molecule has 212 valence electrons. The first-order valence-corrected chi connectivity index (χ1v) is 13.8. The van der Waals surface area contributed by atoms with Crippen LogP contribution in [0.1, 0.15) is 48.3 Å². The van der Waals surface area contributed by atoms with Crippen molar-refractivity contribution in [3.05, 3.63) is 118 Å². The summed E-state index contributed by atoms with van der Waals surface area (Å²) in [6.07, 6.45) is 1.01. The zero-order valence-corrected chi connectivity index (χ0v) is 23.6. The molecule has 2 aliphatic rings. The van der Waals surface area contributed by atoms with Crippen molar-refractivity contribution in [2.45, 2.75) is 38.2 Å². The molecule has 0 unspecified atom stereocenters. The van der Waals surface area contributed by atoms with Gasteiger partial charge in [0.05, 0.1) is 19.3 Å². The zero-order chi connectivity index (χ0) is 28.8. The van der Waals surface area contributed by atoms with E-state index in [0.717, 1.165) is 28.1 Å². The number of hydrogen-bond donors (Lipinski definition) is 1. The fourth-order valence-electron chi connectivity index (χ4n) is 5.55. The molecule has 7 nitrogen and oxygen atoms in total. The summed E-state index contributed by atoms with van der Waals surface area (Å²) in [5.41, 5.74) is 5.58. The maximum atomic E-state index is 13.8. The fraction of sp³-hybridized carbons (Fsp3) is 0.294. The van der Waals surface area contributed by atoms with E-state index in [1.807, 2.05) is 85.8 Å². The highest BCUT2D eigenvalue weighted by Gasteiger charge is 2.41. The van der Waals surface area contributed by atoms with Gasteiger partial charge in [-0.3, -0.25) is 4.79 Å². The van der Waals surface area contributed by atoms with Gasteiger partial charge in [-0.2, -0.15) is 0 Å². The van der Waals surface area contributed by atoms with Gasteiger partial charge >= 0.3 is 5.97 Å². The number of ketones is 1. The maximum absolute atomic E-state index is 13.8. The number of ether oxygens (including phenoxy) is 4. The molecule has 5 rings (SSSR count). The average molecular weight is 554 g/mol. The minimum absolute atomic E-state index is 0.0173. The molecule has 1 heterocycles. The lowest BCUT2D eigenvalue weighted by Crippen LogP contribution is -2.36. The van der Waals surface area contributed by atoms with E-state index >= 15 is 0 Å². The highest BCUT2D eigenvalue weighted by molar-refractivity contribution is 6.04. The van der Waals surface area contributed by atoms with Crippen LogP contribution in [0.15, 0.2) is 101 Å². The van der Waals surface area contributed by atoms with Crippen molar-refractivity contribution < 1.29 is 28.5 Å². The number of carbonyl (C=O) groups is 2. The second-order valence-corrected chi connectivity index (χ2v) is 10.3. The van der Waals surface area contributed by atoms with Gasteiger partial charge in [-0.05, 0) is 60.2 Å². The molecule has 1 N–H and O–H groups in total. The van der Waals surface area contributed by atoms with Crippen molar-refractivity contribution in [1.82, 2.24) is 5.32 Å². The molecule has 1 aliphatic heterocycles. The molecule has 41 heavy (non-hydrogen) atoms. The molecule has 3 aromatic carbocycles. The van der Waals surface area contributed by atoms with Crippen LogP contribution in [0.4, 0.5) is 0 Å². The highest BCUT2D eigenvalue weighted by Crippen LogP contribution is 2.46.